The van der Waals surface area contributed by atoms with Crippen molar-refractivity contribution >= 4 is 27.8 Å². The number of nitrogens with two attached hydrogens (primary N) is 1. The summed E-state index contributed by atoms with van der Waals surface area (Å²) in [5.41, 5.74) is 10.8. The SMILES string of the molecule is N[C@@H]1CCCN(C(=O)c2cc3c4c(c2)nc(-c2cc5ccccc5n2CC2COC2)n4CCO3)C1. The quantitative estimate of drug-likeness (QED) is 0.494. The zero-order valence-electron chi connectivity index (χ0n) is 19.7. The minimum atomic E-state index is 0.00247. The van der Waals surface area contributed by atoms with Gasteiger partial charge in [0, 0.05) is 48.1 Å². The fourth-order valence-corrected chi connectivity index (χ4v) is 5.74. The average Bonchev–Trinajstić information content (AvgIpc) is 3.40. The van der Waals surface area contributed by atoms with E-state index in [1.54, 1.807) is 0 Å². The zero-order chi connectivity index (χ0) is 23.5. The molecule has 2 fully saturated rings. The number of benzene rings is 2. The fourth-order valence-electron chi connectivity index (χ4n) is 5.74. The lowest BCUT2D eigenvalue weighted by atomic mass is 10.0. The molecule has 0 radical (unpaired) electrons. The van der Waals surface area contributed by atoms with Crippen molar-refractivity contribution in [1.82, 2.24) is 19.0 Å². The molecule has 3 aliphatic heterocycles. The number of aromatic nitrogens is 3. The minimum absolute atomic E-state index is 0.00247. The third kappa shape index (κ3) is 3.43. The fraction of sp³-hybridized carbons (Fsp3) is 0.407. The van der Waals surface area contributed by atoms with Gasteiger partial charge in [-0.2, -0.15) is 0 Å². The highest BCUT2D eigenvalue weighted by Crippen LogP contribution is 2.37. The van der Waals surface area contributed by atoms with Gasteiger partial charge in [0.15, 0.2) is 5.82 Å². The molecule has 1 amide bonds. The maximum atomic E-state index is 13.3. The highest BCUT2D eigenvalue weighted by molar-refractivity contribution is 6.00. The van der Waals surface area contributed by atoms with Crippen molar-refractivity contribution in [2.75, 3.05) is 32.9 Å². The van der Waals surface area contributed by atoms with Gasteiger partial charge in [-0.15, -0.1) is 0 Å². The number of para-hydroxylation sites is 1. The number of imidazole rings is 1. The van der Waals surface area contributed by atoms with Gasteiger partial charge in [-0.1, -0.05) is 18.2 Å². The number of carbonyl (C=O) groups is 1. The van der Waals surface area contributed by atoms with Crippen molar-refractivity contribution in [1.29, 1.82) is 0 Å². The van der Waals surface area contributed by atoms with Crippen molar-refractivity contribution in [3.63, 3.8) is 0 Å². The summed E-state index contributed by atoms with van der Waals surface area (Å²) in [5, 5.41) is 1.20. The maximum Gasteiger partial charge on any atom is 0.254 e. The van der Waals surface area contributed by atoms with Crippen molar-refractivity contribution in [2.24, 2.45) is 11.7 Å². The van der Waals surface area contributed by atoms with Crippen molar-refractivity contribution < 1.29 is 14.3 Å². The van der Waals surface area contributed by atoms with Crippen LogP contribution in [0, 0.1) is 5.92 Å². The lowest BCUT2D eigenvalue weighted by Gasteiger charge is -2.31. The number of amides is 1. The molecular weight excluding hydrogens is 442 g/mol. The molecule has 2 saturated heterocycles. The zero-order valence-corrected chi connectivity index (χ0v) is 19.7. The summed E-state index contributed by atoms with van der Waals surface area (Å²) in [5.74, 6) is 2.16. The van der Waals surface area contributed by atoms with Gasteiger partial charge in [-0.05, 0) is 37.1 Å². The Labute approximate surface area is 203 Å². The first-order valence-corrected chi connectivity index (χ1v) is 12.5. The second-order valence-electron chi connectivity index (χ2n) is 10.0. The number of ether oxygens (including phenoxy) is 2. The van der Waals surface area contributed by atoms with Gasteiger partial charge in [0.25, 0.3) is 5.91 Å². The number of carbonyl (C=O) groups excluding carboxylic acids is 1. The Kier molecular flexibility index (Phi) is 4.85. The predicted molar refractivity (Wildman–Crippen MR) is 134 cm³/mol. The molecule has 4 aromatic rings. The Balaban J connectivity index is 1.35. The van der Waals surface area contributed by atoms with Gasteiger partial charge in [0.1, 0.15) is 17.9 Å². The third-order valence-corrected chi connectivity index (χ3v) is 7.56. The highest BCUT2D eigenvalue weighted by Gasteiger charge is 2.28. The monoisotopic (exact) mass is 471 g/mol. The van der Waals surface area contributed by atoms with E-state index in [0.29, 0.717) is 24.6 Å². The van der Waals surface area contributed by atoms with Gasteiger partial charge in [-0.3, -0.25) is 4.79 Å². The van der Waals surface area contributed by atoms with E-state index in [1.807, 2.05) is 17.0 Å². The molecule has 0 saturated carbocycles. The van der Waals surface area contributed by atoms with Crippen LogP contribution in [0.5, 0.6) is 5.75 Å². The van der Waals surface area contributed by atoms with Crippen LogP contribution in [0.1, 0.15) is 23.2 Å². The molecule has 8 nitrogen and oxygen atoms in total. The maximum absolute atomic E-state index is 13.3. The second-order valence-corrected chi connectivity index (χ2v) is 10.0. The molecule has 8 heteroatoms. The first-order chi connectivity index (χ1) is 17.2. The molecule has 0 unspecified atom stereocenters. The van der Waals surface area contributed by atoms with Gasteiger partial charge >= 0.3 is 0 Å². The van der Waals surface area contributed by atoms with Gasteiger partial charge in [0.05, 0.1) is 31.0 Å². The number of rotatable bonds is 4. The van der Waals surface area contributed by atoms with Crippen molar-refractivity contribution in [3.8, 4) is 17.3 Å². The highest BCUT2D eigenvalue weighted by atomic mass is 16.5. The summed E-state index contributed by atoms with van der Waals surface area (Å²) in [6.45, 7) is 5.10. The van der Waals surface area contributed by atoms with Crippen LogP contribution in [0.25, 0.3) is 33.5 Å². The van der Waals surface area contributed by atoms with Gasteiger partial charge in [0.2, 0.25) is 0 Å². The Morgan fingerprint density at radius 1 is 1.14 bits per heavy atom. The molecule has 2 N–H and O–H groups in total. The standard InChI is InChI=1S/C27H29N5O3/c28-20-5-3-7-30(14-20)27(33)19-10-21-25-24(12-19)35-9-8-31(25)26(29-21)23-11-18-4-1-2-6-22(18)32(23)13-17-15-34-16-17/h1-2,4,6,10-12,17,20H,3,5,7-9,13-16,28H2/t20-/m1/s1. The number of hydrogen-bond acceptors (Lipinski definition) is 5. The van der Waals surface area contributed by atoms with Crippen LogP contribution < -0.4 is 10.5 Å². The van der Waals surface area contributed by atoms with Crippen LogP contribution >= 0.6 is 0 Å². The minimum Gasteiger partial charge on any atom is -0.489 e. The molecule has 2 aromatic carbocycles. The van der Waals surface area contributed by atoms with E-state index >= 15 is 0 Å². The summed E-state index contributed by atoms with van der Waals surface area (Å²) in [6, 6.07) is 14.6. The van der Waals surface area contributed by atoms with Crippen LogP contribution in [0.2, 0.25) is 0 Å². The Morgan fingerprint density at radius 3 is 2.86 bits per heavy atom. The molecule has 0 bridgehead atoms. The molecule has 0 aliphatic carbocycles. The topological polar surface area (TPSA) is 87.5 Å². The van der Waals surface area contributed by atoms with Crippen LogP contribution in [-0.4, -0.2) is 63.9 Å². The molecule has 1 atom stereocenters. The normalized spacial score (nSPS) is 20.3. The smallest absolute Gasteiger partial charge is 0.254 e. The van der Waals surface area contributed by atoms with Crippen LogP contribution in [0.4, 0.5) is 0 Å². The molecule has 5 heterocycles. The second kappa shape index (κ2) is 8.10. The molecule has 7 rings (SSSR count). The van der Waals surface area contributed by atoms with Gasteiger partial charge < -0.3 is 29.2 Å². The predicted octanol–water partition coefficient (Wildman–Crippen LogP) is 3.26. The number of likely N-dealkylation sites (tertiary alicyclic amines) is 1. The van der Waals surface area contributed by atoms with Crippen LogP contribution in [0.3, 0.4) is 0 Å². The third-order valence-electron chi connectivity index (χ3n) is 7.56. The molecule has 3 aliphatic rings. The Morgan fingerprint density at radius 2 is 2.03 bits per heavy atom. The number of nitrogens with zero attached hydrogens (tertiary/aromatic N) is 4. The lowest BCUT2D eigenvalue weighted by Crippen LogP contribution is -2.45. The molecular formula is C27H29N5O3. The number of hydrogen-bond donors (Lipinski definition) is 1. The molecule has 35 heavy (non-hydrogen) atoms. The summed E-state index contributed by atoms with van der Waals surface area (Å²) in [6.07, 6.45) is 1.90. The molecule has 2 aromatic heterocycles. The first kappa shape index (κ1) is 21.0. The van der Waals surface area contributed by atoms with E-state index < -0.39 is 0 Å². The summed E-state index contributed by atoms with van der Waals surface area (Å²) in [7, 11) is 0. The van der Waals surface area contributed by atoms with E-state index in [4.69, 9.17) is 20.2 Å². The Bertz CT molecular complexity index is 1450. The Hall–Kier alpha value is -3.36. The van der Waals surface area contributed by atoms with Crippen molar-refractivity contribution in [3.05, 3.63) is 48.0 Å². The number of fused-ring (bicyclic) bond motifs is 1. The largest absolute Gasteiger partial charge is 0.489 e. The number of piperidine rings is 1. The van der Waals surface area contributed by atoms with Crippen molar-refractivity contribution in [2.45, 2.75) is 32.0 Å². The van der Waals surface area contributed by atoms with E-state index in [9.17, 15) is 4.79 Å². The van der Waals surface area contributed by atoms with E-state index in [0.717, 1.165) is 74.0 Å². The lowest BCUT2D eigenvalue weighted by molar-refractivity contribution is -0.0387. The molecule has 180 valence electrons. The first-order valence-electron chi connectivity index (χ1n) is 12.5. The summed E-state index contributed by atoms with van der Waals surface area (Å²) in [4.78, 5) is 20.3. The van der Waals surface area contributed by atoms with Gasteiger partial charge in [-0.25, -0.2) is 4.98 Å². The van der Waals surface area contributed by atoms with Crippen LogP contribution in [-0.2, 0) is 17.8 Å². The van der Waals surface area contributed by atoms with E-state index in [-0.39, 0.29) is 11.9 Å². The molecule has 0 spiro atoms. The van der Waals surface area contributed by atoms with E-state index in [1.165, 1.54) is 10.9 Å². The summed E-state index contributed by atoms with van der Waals surface area (Å²) >= 11 is 0. The summed E-state index contributed by atoms with van der Waals surface area (Å²) < 4.78 is 16.1. The average molecular weight is 472 g/mol. The van der Waals surface area contributed by atoms with E-state index in [2.05, 4.69) is 39.5 Å². The van der Waals surface area contributed by atoms with Crippen LogP contribution in [0.15, 0.2) is 42.5 Å².